The zero-order chi connectivity index (χ0) is 20.4. The van der Waals surface area contributed by atoms with E-state index in [-0.39, 0.29) is 16.3 Å². The average Bonchev–Trinajstić information content (AvgIpc) is 3.20. The fraction of sp³-hybridized carbons (Fsp3) is 0.176. The van der Waals surface area contributed by atoms with E-state index < -0.39 is 27.8 Å². The third kappa shape index (κ3) is 4.54. The number of thioether (sulfide) groups is 1. The van der Waals surface area contributed by atoms with Gasteiger partial charge in [0.05, 0.1) is 10.5 Å². The molecule has 2 aromatic carbocycles. The summed E-state index contributed by atoms with van der Waals surface area (Å²) in [6.07, 6.45) is -1.55. The molecule has 0 aliphatic heterocycles. The second kappa shape index (κ2) is 7.94. The Kier molecular flexibility index (Phi) is 5.77. The molecular formula is C17H15F3N4O2S2. The molecule has 0 unspecified atom stereocenters. The first-order valence-electron chi connectivity index (χ1n) is 7.89. The van der Waals surface area contributed by atoms with Crippen LogP contribution >= 0.6 is 11.8 Å². The van der Waals surface area contributed by atoms with Gasteiger partial charge in [-0.25, -0.2) is 13.4 Å². The summed E-state index contributed by atoms with van der Waals surface area (Å²) in [4.78, 5) is 4.78. The van der Waals surface area contributed by atoms with E-state index in [1.54, 1.807) is 12.1 Å². The summed E-state index contributed by atoms with van der Waals surface area (Å²) >= 11 is 1.46. The van der Waals surface area contributed by atoms with Gasteiger partial charge in [-0.2, -0.15) is 23.0 Å². The van der Waals surface area contributed by atoms with Crippen LogP contribution in [0.2, 0.25) is 0 Å². The van der Waals surface area contributed by atoms with Crippen LogP contribution in [-0.2, 0) is 16.2 Å². The van der Waals surface area contributed by atoms with Gasteiger partial charge in [-0.1, -0.05) is 12.1 Å². The Balaban J connectivity index is 2.00. The van der Waals surface area contributed by atoms with E-state index >= 15 is 0 Å². The van der Waals surface area contributed by atoms with E-state index in [1.807, 2.05) is 6.26 Å². The summed E-state index contributed by atoms with van der Waals surface area (Å²) < 4.78 is 67.2. The summed E-state index contributed by atoms with van der Waals surface area (Å²) in [5, 5.41) is 6.18. The van der Waals surface area contributed by atoms with E-state index in [0.717, 1.165) is 23.4 Å². The zero-order valence-corrected chi connectivity index (χ0v) is 16.1. The highest BCUT2D eigenvalue weighted by molar-refractivity contribution is 7.98. The summed E-state index contributed by atoms with van der Waals surface area (Å²) in [5.41, 5.74) is -0.811. The number of nitrogens with one attached hydrogen (secondary N) is 2. The number of H-pyrrole nitrogens is 1. The van der Waals surface area contributed by atoms with Crippen molar-refractivity contribution in [3.05, 3.63) is 71.8 Å². The number of benzene rings is 2. The number of halogens is 3. The number of hydrogen-bond acceptors (Lipinski definition) is 5. The molecule has 1 heterocycles. The SMILES string of the molecule is CSc1ccc(S(=O)(=O)N[C@H](c2cccc(C(F)(F)F)c2)c2ncn[nH]2)cc1. The largest absolute Gasteiger partial charge is 0.416 e. The van der Waals surface area contributed by atoms with E-state index in [1.165, 1.54) is 36.0 Å². The maximum atomic E-state index is 13.1. The molecule has 0 saturated heterocycles. The van der Waals surface area contributed by atoms with Crippen molar-refractivity contribution in [3.63, 3.8) is 0 Å². The molecule has 11 heteroatoms. The van der Waals surface area contributed by atoms with Crippen molar-refractivity contribution < 1.29 is 21.6 Å². The Bertz CT molecular complexity index is 1040. The van der Waals surface area contributed by atoms with Crippen LogP contribution in [0.3, 0.4) is 0 Å². The van der Waals surface area contributed by atoms with Crippen LogP contribution in [0.5, 0.6) is 0 Å². The third-order valence-electron chi connectivity index (χ3n) is 3.90. The summed E-state index contributed by atoms with van der Waals surface area (Å²) in [5.74, 6) is 0.0728. The second-order valence-corrected chi connectivity index (χ2v) is 8.32. The van der Waals surface area contributed by atoms with Crippen LogP contribution in [-0.4, -0.2) is 29.9 Å². The second-order valence-electron chi connectivity index (χ2n) is 5.72. The Labute approximate surface area is 163 Å². The molecule has 1 atom stereocenters. The van der Waals surface area contributed by atoms with Gasteiger partial charge in [-0.15, -0.1) is 11.8 Å². The molecule has 0 bridgehead atoms. The van der Waals surface area contributed by atoms with Crippen LogP contribution < -0.4 is 4.72 Å². The Hall–Kier alpha value is -2.37. The summed E-state index contributed by atoms with van der Waals surface area (Å²) in [6.45, 7) is 0. The molecule has 3 aromatic rings. The standard InChI is InChI=1S/C17H15F3N4O2S2/c1-27-13-5-7-14(8-6-13)28(25,26)24-15(16-21-10-22-23-16)11-3-2-4-12(9-11)17(18,19)20/h2-10,15,24H,1H3,(H,21,22,23)/t15-/m1/s1. The lowest BCUT2D eigenvalue weighted by Crippen LogP contribution is -2.30. The van der Waals surface area contributed by atoms with Crippen LogP contribution in [0, 0.1) is 0 Å². The minimum atomic E-state index is -4.56. The highest BCUT2D eigenvalue weighted by Gasteiger charge is 2.32. The molecule has 0 radical (unpaired) electrons. The van der Waals surface area contributed by atoms with Gasteiger partial charge in [0.25, 0.3) is 0 Å². The molecule has 6 nitrogen and oxygen atoms in total. The average molecular weight is 428 g/mol. The van der Waals surface area contributed by atoms with Crippen LogP contribution in [0.25, 0.3) is 0 Å². The van der Waals surface area contributed by atoms with Gasteiger partial charge in [0.2, 0.25) is 10.0 Å². The molecule has 28 heavy (non-hydrogen) atoms. The van der Waals surface area contributed by atoms with Crippen LogP contribution in [0.1, 0.15) is 23.0 Å². The van der Waals surface area contributed by atoms with Crippen LogP contribution in [0.4, 0.5) is 13.2 Å². The first kappa shape index (κ1) is 20.4. The minimum absolute atomic E-state index is 0.0122. The van der Waals surface area contributed by atoms with Crippen LogP contribution in [0.15, 0.2) is 64.6 Å². The van der Waals surface area contributed by atoms with Crippen molar-refractivity contribution in [2.45, 2.75) is 22.0 Å². The lowest BCUT2D eigenvalue weighted by Gasteiger charge is -2.18. The smallest absolute Gasteiger partial charge is 0.262 e. The first-order valence-corrected chi connectivity index (χ1v) is 10.6. The fourth-order valence-corrected chi connectivity index (χ4v) is 4.11. The molecule has 1 aromatic heterocycles. The molecule has 0 aliphatic carbocycles. The Morgan fingerprint density at radius 1 is 1.14 bits per heavy atom. The maximum absolute atomic E-state index is 13.1. The Morgan fingerprint density at radius 3 is 2.43 bits per heavy atom. The summed E-state index contributed by atoms with van der Waals surface area (Å²) in [7, 11) is -4.04. The van der Waals surface area contributed by atoms with Gasteiger partial charge in [0, 0.05) is 4.90 Å². The first-order chi connectivity index (χ1) is 13.2. The van der Waals surface area contributed by atoms with Gasteiger partial charge in [-0.05, 0) is 48.2 Å². The normalized spacial score (nSPS) is 13.4. The molecule has 148 valence electrons. The molecule has 0 fully saturated rings. The number of hydrogen-bond donors (Lipinski definition) is 2. The monoisotopic (exact) mass is 428 g/mol. The van der Waals surface area contributed by atoms with Gasteiger partial charge in [0.1, 0.15) is 18.2 Å². The molecule has 0 spiro atoms. The third-order valence-corrected chi connectivity index (χ3v) is 6.08. The number of rotatable bonds is 6. The van der Waals surface area contributed by atoms with Gasteiger partial charge < -0.3 is 0 Å². The van der Waals surface area contributed by atoms with Gasteiger partial charge in [-0.3, -0.25) is 5.10 Å². The predicted octanol–water partition coefficient (Wildman–Crippen LogP) is 3.61. The van der Waals surface area contributed by atoms with E-state index in [0.29, 0.717) is 0 Å². The topological polar surface area (TPSA) is 87.7 Å². The number of aromatic amines is 1. The van der Waals surface area contributed by atoms with E-state index in [2.05, 4.69) is 19.9 Å². The fourth-order valence-electron chi connectivity index (χ4n) is 2.51. The number of sulfonamides is 1. The zero-order valence-electron chi connectivity index (χ0n) is 14.4. The van der Waals surface area contributed by atoms with Crippen molar-refractivity contribution in [2.75, 3.05) is 6.26 Å². The molecule has 0 amide bonds. The lowest BCUT2D eigenvalue weighted by molar-refractivity contribution is -0.137. The van der Waals surface area contributed by atoms with Gasteiger partial charge in [0.15, 0.2) is 0 Å². The van der Waals surface area contributed by atoms with Crippen molar-refractivity contribution in [3.8, 4) is 0 Å². The molecule has 3 rings (SSSR count). The minimum Gasteiger partial charge on any atom is -0.262 e. The molecular weight excluding hydrogens is 413 g/mol. The van der Waals surface area contributed by atoms with E-state index in [9.17, 15) is 21.6 Å². The Morgan fingerprint density at radius 2 is 1.86 bits per heavy atom. The van der Waals surface area contributed by atoms with Crippen molar-refractivity contribution in [2.24, 2.45) is 0 Å². The quantitative estimate of drug-likeness (QED) is 0.586. The molecule has 2 N–H and O–H groups in total. The predicted molar refractivity (Wildman–Crippen MR) is 98.2 cm³/mol. The highest BCUT2D eigenvalue weighted by Crippen LogP contribution is 2.32. The van der Waals surface area contributed by atoms with Crippen molar-refractivity contribution in [1.29, 1.82) is 0 Å². The highest BCUT2D eigenvalue weighted by atomic mass is 32.2. The number of alkyl halides is 3. The molecule has 0 saturated carbocycles. The van der Waals surface area contributed by atoms with Crippen molar-refractivity contribution in [1.82, 2.24) is 19.9 Å². The maximum Gasteiger partial charge on any atom is 0.416 e. The molecule has 0 aliphatic rings. The van der Waals surface area contributed by atoms with E-state index in [4.69, 9.17) is 0 Å². The van der Waals surface area contributed by atoms with Crippen molar-refractivity contribution >= 4 is 21.8 Å². The number of nitrogens with zero attached hydrogens (tertiary/aromatic N) is 2. The van der Waals surface area contributed by atoms with Gasteiger partial charge >= 0.3 is 6.18 Å². The number of aromatic nitrogens is 3. The summed E-state index contributed by atoms with van der Waals surface area (Å²) in [6, 6.07) is 9.37. The lowest BCUT2D eigenvalue weighted by atomic mass is 10.0.